The molecule has 0 saturated carbocycles. The molecule has 0 unspecified atom stereocenters. The number of carbonyl (C=O) groups is 1. The van der Waals surface area contributed by atoms with Gasteiger partial charge in [0.15, 0.2) is 0 Å². The van der Waals surface area contributed by atoms with Crippen LogP contribution in [0.5, 0.6) is 5.75 Å². The van der Waals surface area contributed by atoms with Gasteiger partial charge in [0.05, 0.1) is 46.4 Å². The summed E-state index contributed by atoms with van der Waals surface area (Å²) >= 11 is 12.5. The van der Waals surface area contributed by atoms with Crippen molar-refractivity contribution in [1.29, 1.82) is 0 Å². The molecule has 1 aromatic heterocycles. The summed E-state index contributed by atoms with van der Waals surface area (Å²) in [6, 6.07) is 22.6. The molecule has 0 N–H and O–H groups in total. The Morgan fingerprint density at radius 2 is 1.77 bits per heavy atom. The van der Waals surface area contributed by atoms with Gasteiger partial charge < -0.3 is 9.47 Å². The summed E-state index contributed by atoms with van der Waals surface area (Å²) in [5.41, 5.74) is 5.25. The van der Waals surface area contributed by atoms with Crippen molar-refractivity contribution in [2.45, 2.75) is 13.8 Å². The van der Waals surface area contributed by atoms with E-state index >= 15 is 0 Å². The lowest BCUT2D eigenvalue weighted by Crippen LogP contribution is -2.07. The summed E-state index contributed by atoms with van der Waals surface area (Å²) in [4.78, 5) is 12.9. The molecular weight excluding hydrogens is 483 g/mol. The second-order valence-electron chi connectivity index (χ2n) is 7.84. The third-order valence-electron chi connectivity index (χ3n) is 5.38. The second kappa shape index (κ2) is 10.8. The fraction of sp³-hybridized carbons (Fsp3) is 0.143. The molecule has 4 rings (SSSR count). The molecule has 3 aromatic carbocycles. The first-order chi connectivity index (χ1) is 16.9. The maximum atomic E-state index is 12.9. The Balaban J connectivity index is 1.89. The number of aromatic nitrogens is 2. The highest BCUT2D eigenvalue weighted by atomic mass is 35.5. The maximum Gasteiger partial charge on any atom is 0.338 e. The number of hydrogen-bond donors (Lipinski definition) is 0. The smallest absolute Gasteiger partial charge is 0.338 e. The van der Waals surface area contributed by atoms with E-state index in [0.29, 0.717) is 21.3 Å². The van der Waals surface area contributed by atoms with E-state index in [9.17, 15) is 4.79 Å². The number of hydrogen-bond acceptors (Lipinski definition) is 4. The second-order valence-corrected chi connectivity index (χ2v) is 8.66. The van der Waals surface area contributed by atoms with Gasteiger partial charge in [0.2, 0.25) is 0 Å². The fourth-order valence-corrected chi connectivity index (χ4v) is 3.98. The fourth-order valence-electron chi connectivity index (χ4n) is 3.68. The molecule has 0 aliphatic carbocycles. The van der Waals surface area contributed by atoms with E-state index in [1.54, 1.807) is 36.9 Å². The minimum atomic E-state index is -0.409. The van der Waals surface area contributed by atoms with Crippen LogP contribution in [0.3, 0.4) is 0 Å². The Bertz CT molecular complexity index is 1390. The molecule has 4 aromatic rings. The summed E-state index contributed by atoms with van der Waals surface area (Å²) in [5.74, 6) is 0.328. The quantitative estimate of drug-likeness (QED) is 0.195. The van der Waals surface area contributed by atoms with Crippen LogP contribution < -0.4 is 4.74 Å². The molecule has 0 radical (unpaired) electrons. The molecule has 0 aliphatic rings. The Labute approximate surface area is 214 Å². The summed E-state index contributed by atoms with van der Waals surface area (Å²) in [5, 5.41) is 5.72. The molecule has 0 atom stereocenters. The predicted octanol–water partition coefficient (Wildman–Crippen LogP) is 7.27. The zero-order valence-corrected chi connectivity index (χ0v) is 21.1. The minimum absolute atomic E-state index is 0.275. The van der Waals surface area contributed by atoms with Crippen LogP contribution in [-0.4, -0.2) is 29.5 Å². The van der Waals surface area contributed by atoms with Gasteiger partial charge >= 0.3 is 5.97 Å². The largest absolute Gasteiger partial charge is 0.497 e. The molecule has 35 heavy (non-hydrogen) atoms. The number of esters is 1. The van der Waals surface area contributed by atoms with Crippen molar-refractivity contribution in [3.8, 4) is 22.7 Å². The van der Waals surface area contributed by atoms with Crippen LogP contribution in [0.2, 0.25) is 10.0 Å². The molecule has 1 heterocycles. The summed E-state index contributed by atoms with van der Waals surface area (Å²) < 4.78 is 12.4. The van der Waals surface area contributed by atoms with E-state index in [2.05, 4.69) is 0 Å². The van der Waals surface area contributed by atoms with Gasteiger partial charge in [0, 0.05) is 5.56 Å². The number of rotatable bonds is 7. The molecule has 0 amide bonds. The van der Waals surface area contributed by atoms with Crippen LogP contribution in [0.1, 0.15) is 23.7 Å². The standard InChI is InChI=1S/C28H24Cl2N2O3/c1-4-35-28(33)24(19-7-5-6-18(2)14-19)16-21-17-27(20-8-13-25(29)26(30)15-20)32(31-21)22-9-11-23(34-3)12-10-22/h5-17H,4H2,1-3H3/b24-16+. The van der Waals surface area contributed by atoms with Gasteiger partial charge in [-0.15, -0.1) is 0 Å². The third kappa shape index (κ3) is 5.59. The highest BCUT2D eigenvalue weighted by molar-refractivity contribution is 6.42. The minimum Gasteiger partial charge on any atom is -0.497 e. The molecule has 0 fully saturated rings. The summed E-state index contributed by atoms with van der Waals surface area (Å²) in [6.45, 7) is 4.04. The highest BCUT2D eigenvalue weighted by Crippen LogP contribution is 2.32. The van der Waals surface area contributed by atoms with Gasteiger partial charge in [-0.1, -0.05) is 59.1 Å². The van der Waals surface area contributed by atoms with Gasteiger partial charge in [-0.25, -0.2) is 9.48 Å². The Hall–Kier alpha value is -3.54. The van der Waals surface area contributed by atoms with Crippen LogP contribution in [-0.2, 0) is 9.53 Å². The molecular formula is C28H24Cl2N2O3. The molecule has 0 spiro atoms. The highest BCUT2D eigenvalue weighted by Gasteiger charge is 2.17. The number of halogens is 2. The average Bonchev–Trinajstić information content (AvgIpc) is 3.28. The van der Waals surface area contributed by atoms with E-state index in [0.717, 1.165) is 33.8 Å². The monoisotopic (exact) mass is 506 g/mol. The van der Waals surface area contributed by atoms with E-state index in [1.165, 1.54) is 0 Å². The van der Waals surface area contributed by atoms with Crippen molar-refractivity contribution in [2.24, 2.45) is 0 Å². The number of methoxy groups -OCH3 is 1. The lowest BCUT2D eigenvalue weighted by molar-refractivity contribution is -0.136. The Morgan fingerprint density at radius 3 is 2.43 bits per heavy atom. The average molecular weight is 507 g/mol. The van der Waals surface area contributed by atoms with Gasteiger partial charge in [-0.2, -0.15) is 5.10 Å². The van der Waals surface area contributed by atoms with E-state index in [-0.39, 0.29) is 6.61 Å². The molecule has 5 nitrogen and oxygen atoms in total. The molecule has 7 heteroatoms. The van der Waals surface area contributed by atoms with Gasteiger partial charge in [0.25, 0.3) is 0 Å². The maximum absolute atomic E-state index is 12.9. The number of nitrogens with zero attached hydrogens (tertiary/aromatic N) is 2. The topological polar surface area (TPSA) is 53.4 Å². The number of aryl methyl sites for hydroxylation is 1. The first-order valence-electron chi connectivity index (χ1n) is 11.1. The first-order valence-corrected chi connectivity index (χ1v) is 11.8. The molecule has 0 bridgehead atoms. The predicted molar refractivity (Wildman–Crippen MR) is 141 cm³/mol. The summed E-state index contributed by atoms with van der Waals surface area (Å²) in [6.07, 6.45) is 1.74. The van der Waals surface area contributed by atoms with E-state index in [1.807, 2.05) is 67.6 Å². The third-order valence-corrected chi connectivity index (χ3v) is 6.12. The van der Waals surface area contributed by atoms with Crippen molar-refractivity contribution >= 4 is 40.8 Å². The van der Waals surface area contributed by atoms with E-state index in [4.69, 9.17) is 37.8 Å². The zero-order chi connectivity index (χ0) is 24.9. The number of carbonyl (C=O) groups excluding carboxylic acids is 1. The van der Waals surface area contributed by atoms with Gasteiger partial charge in [0.1, 0.15) is 5.75 Å². The van der Waals surface area contributed by atoms with Gasteiger partial charge in [-0.3, -0.25) is 0 Å². The Kier molecular flexibility index (Phi) is 7.59. The van der Waals surface area contributed by atoms with Crippen LogP contribution >= 0.6 is 23.2 Å². The Morgan fingerprint density at radius 1 is 1.00 bits per heavy atom. The van der Waals surface area contributed by atoms with Crippen LogP contribution in [0, 0.1) is 6.92 Å². The molecule has 0 saturated heterocycles. The van der Waals surface area contributed by atoms with Crippen LogP contribution in [0.15, 0.2) is 72.8 Å². The first kappa shape index (κ1) is 24.6. The summed E-state index contributed by atoms with van der Waals surface area (Å²) in [7, 11) is 1.62. The van der Waals surface area contributed by atoms with Crippen molar-refractivity contribution < 1.29 is 14.3 Å². The molecule has 0 aliphatic heterocycles. The van der Waals surface area contributed by atoms with E-state index < -0.39 is 5.97 Å². The van der Waals surface area contributed by atoms with Crippen LogP contribution in [0.25, 0.3) is 28.6 Å². The van der Waals surface area contributed by atoms with Crippen molar-refractivity contribution in [3.05, 3.63) is 99.7 Å². The lowest BCUT2D eigenvalue weighted by atomic mass is 10.0. The van der Waals surface area contributed by atoms with Gasteiger partial charge in [-0.05, 0) is 68.0 Å². The zero-order valence-electron chi connectivity index (χ0n) is 19.6. The van der Waals surface area contributed by atoms with Crippen molar-refractivity contribution in [2.75, 3.05) is 13.7 Å². The SMILES string of the molecule is CCOC(=O)/C(=C/c1cc(-c2ccc(Cl)c(Cl)c2)n(-c2ccc(OC)cc2)n1)c1cccc(C)c1. The van der Waals surface area contributed by atoms with Crippen molar-refractivity contribution in [1.82, 2.24) is 9.78 Å². The van der Waals surface area contributed by atoms with Crippen LogP contribution in [0.4, 0.5) is 0 Å². The lowest BCUT2D eigenvalue weighted by Gasteiger charge is -2.09. The number of ether oxygens (including phenoxy) is 2. The number of benzene rings is 3. The normalized spacial score (nSPS) is 11.4. The van der Waals surface area contributed by atoms with Crippen molar-refractivity contribution in [3.63, 3.8) is 0 Å². The molecule has 178 valence electrons.